The first-order valence-corrected chi connectivity index (χ1v) is 10.1. The minimum absolute atomic E-state index is 0.205. The largest absolute Gasteiger partial charge is 0.416 e. The van der Waals surface area contributed by atoms with Crippen molar-refractivity contribution in [2.24, 2.45) is 0 Å². The second kappa shape index (κ2) is 9.89. The summed E-state index contributed by atoms with van der Waals surface area (Å²) < 4.78 is 77.3. The second-order valence-electron chi connectivity index (χ2n) is 8.74. The minimum Gasteiger partial charge on any atom is -0.348 e. The van der Waals surface area contributed by atoms with E-state index in [9.17, 15) is 26.3 Å². The Balaban J connectivity index is 0.000000357. The maximum atomic E-state index is 12.9. The van der Waals surface area contributed by atoms with E-state index in [1.165, 1.54) is 30.0 Å². The molecule has 0 aliphatic heterocycles. The number of halogens is 6. The van der Waals surface area contributed by atoms with Crippen LogP contribution in [-0.4, -0.2) is 16.7 Å². The average molecular weight is 466 g/mol. The van der Waals surface area contributed by atoms with Crippen molar-refractivity contribution in [1.29, 1.82) is 0 Å². The topological polar surface area (TPSA) is 28.7 Å². The molecule has 0 aliphatic carbocycles. The number of benzene rings is 2. The van der Waals surface area contributed by atoms with Crippen molar-refractivity contribution in [3.05, 3.63) is 89.9 Å². The van der Waals surface area contributed by atoms with Gasteiger partial charge in [0.25, 0.3) is 0 Å². The van der Waals surface area contributed by atoms with E-state index in [-0.39, 0.29) is 16.3 Å². The zero-order valence-corrected chi connectivity index (χ0v) is 18.8. The smallest absolute Gasteiger partial charge is 0.348 e. The van der Waals surface area contributed by atoms with Gasteiger partial charge in [-0.05, 0) is 0 Å². The van der Waals surface area contributed by atoms with Gasteiger partial charge < -0.3 is 4.98 Å². The minimum atomic E-state index is -4.52. The summed E-state index contributed by atoms with van der Waals surface area (Å²) in [6, 6.07) is 9.11. The Hall–Kier alpha value is -2.97. The normalized spacial score (nSPS) is 12.1. The second-order valence-corrected chi connectivity index (χ2v) is 8.74. The Kier molecular flexibility index (Phi) is 7.88. The number of rotatable bonds is 3. The lowest BCUT2D eigenvalue weighted by atomic mass is 9.36. The number of allylic oxidation sites excluding steroid dienone is 1. The van der Waals surface area contributed by atoms with Crippen molar-refractivity contribution in [2.75, 3.05) is 0 Å². The molecule has 2 aromatic carbocycles. The standard InChI is InChI=1S/C17H13BF6.C7H12N2/c1-11(2)18(14-7-3-5-12(9-14)16(19,20)21)15-8-4-6-13(10-15)17(22,23)24;1-7(2,3)6-4-8-5-9-6/h3-10H,1H2,2H3;4-5H,1-3H3,(H,8,9). The Bertz CT molecular complexity index is 1010. The van der Waals surface area contributed by atoms with Gasteiger partial charge in [-0.25, -0.2) is 4.98 Å². The predicted octanol–water partition coefficient (Wildman–Crippen LogP) is 6.16. The number of aromatic amines is 1. The van der Waals surface area contributed by atoms with E-state index in [0.29, 0.717) is 5.47 Å². The molecule has 0 saturated heterocycles. The van der Waals surface area contributed by atoms with E-state index >= 15 is 0 Å². The molecule has 0 amide bonds. The van der Waals surface area contributed by atoms with Gasteiger partial charge in [0, 0.05) is 17.3 Å². The van der Waals surface area contributed by atoms with Crippen LogP contribution in [0, 0.1) is 0 Å². The molecule has 9 heteroatoms. The summed E-state index contributed by atoms with van der Waals surface area (Å²) in [4.78, 5) is 7.00. The highest BCUT2D eigenvalue weighted by atomic mass is 19.4. The van der Waals surface area contributed by atoms with Gasteiger partial charge in [0.15, 0.2) is 0 Å². The van der Waals surface area contributed by atoms with Crippen LogP contribution in [0.5, 0.6) is 0 Å². The first-order chi connectivity index (χ1) is 15.1. The van der Waals surface area contributed by atoms with Crippen molar-refractivity contribution in [2.45, 2.75) is 45.5 Å². The number of aromatic nitrogens is 2. The molecule has 0 fully saturated rings. The lowest BCUT2D eigenvalue weighted by Crippen LogP contribution is -2.44. The van der Waals surface area contributed by atoms with Crippen molar-refractivity contribution < 1.29 is 26.3 Å². The van der Waals surface area contributed by atoms with Gasteiger partial charge >= 0.3 is 12.4 Å². The van der Waals surface area contributed by atoms with E-state index in [1.807, 2.05) is 6.20 Å². The predicted molar refractivity (Wildman–Crippen MR) is 120 cm³/mol. The number of nitrogens with zero attached hydrogens (tertiary/aromatic N) is 1. The molecule has 0 atom stereocenters. The molecule has 0 spiro atoms. The number of hydrogen-bond donors (Lipinski definition) is 1. The van der Waals surface area contributed by atoms with Crippen molar-refractivity contribution in [3.63, 3.8) is 0 Å². The highest BCUT2D eigenvalue weighted by Gasteiger charge is 2.34. The maximum absolute atomic E-state index is 12.9. The summed E-state index contributed by atoms with van der Waals surface area (Å²) in [5.41, 5.74) is 0.636. The number of H-pyrrole nitrogens is 1. The number of imidazole rings is 1. The van der Waals surface area contributed by atoms with E-state index in [1.54, 1.807) is 13.3 Å². The van der Waals surface area contributed by atoms with Gasteiger partial charge in [-0.2, -0.15) is 26.3 Å². The molecule has 0 bridgehead atoms. The van der Waals surface area contributed by atoms with Crippen LogP contribution in [0.15, 0.2) is 73.1 Å². The highest BCUT2D eigenvalue weighted by molar-refractivity contribution is 6.90. The number of nitrogens with one attached hydrogen (secondary N) is 1. The third-order valence-electron chi connectivity index (χ3n) is 4.89. The summed E-state index contributed by atoms with van der Waals surface area (Å²) in [6.07, 6.45) is -5.48. The molecule has 33 heavy (non-hydrogen) atoms. The average Bonchev–Trinajstić information content (AvgIpc) is 3.23. The molecule has 2 nitrogen and oxygen atoms in total. The number of alkyl halides is 6. The summed E-state index contributed by atoms with van der Waals surface area (Å²) in [6.45, 7) is 11.0. The molecule has 1 aromatic heterocycles. The first-order valence-electron chi connectivity index (χ1n) is 10.1. The Morgan fingerprint density at radius 2 is 1.30 bits per heavy atom. The van der Waals surface area contributed by atoms with Crippen LogP contribution in [0.4, 0.5) is 26.3 Å². The van der Waals surface area contributed by atoms with Crippen LogP contribution >= 0.6 is 0 Å². The summed E-state index contributed by atoms with van der Waals surface area (Å²) >= 11 is 0. The van der Waals surface area contributed by atoms with Gasteiger partial charge in [-0.15, -0.1) is 12.1 Å². The van der Waals surface area contributed by atoms with E-state index in [2.05, 4.69) is 37.3 Å². The fraction of sp³-hybridized carbons (Fsp3) is 0.292. The summed E-state index contributed by atoms with van der Waals surface area (Å²) in [5.74, 6) is 0. The number of hydrogen-bond acceptors (Lipinski definition) is 1. The van der Waals surface area contributed by atoms with Crippen LogP contribution in [0.3, 0.4) is 0 Å². The monoisotopic (exact) mass is 466 g/mol. The van der Waals surface area contributed by atoms with Gasteiger partial charge in [-0.1, -0.05) is 87.2 Å². The van der Waals surface area contributed by atoms with E-state index in [0.717, 1.165) is 24.3 Å². The summed E-state index contributed by atoms with van der Waals surface area (Å²) in [7, 11) is 0. The van der Waals surface area contributed by atoms with Crippen LogP contribution in [0.1, 0.15) is 44.5 Å². The highest BCUT2D eigenvalue weighted by Crippen LogP contribution is 2.29. The Morgan fingerprint density at radius 3 is 1.58 bits per heavy atom. The quantitative estimate of drug-likeness (QED) is 0.364. The molecule has 0 saturated carbocycles. The van der Waals surface area contributed by atoms with Crippen LogP contribution in [0.25, 0.3) is 0 Å². The van der Waals surface area contributed by atoms with E-state index < -0.39 is 30.2 Å². The Labute approximate surface area is 189 Å². The molecule has 176 valence electrons. The molecule has 0 aliphatic rings. The summed E-state index contributed by atoms with van der Waals surface area (Å²) in [5, 5.41) is 0. The van der Waals surface area contributed by atoms with Crippen LogP contribution < -0.4 is 10.9 Å². The third kappa shape index (κ3) is 7.27. The first kappa shape index (κ1) is 26.3. The lowest BCUT2D eigenvalue weighted by Gasteiger charge is -2.18. The fourth-order valence-electron chi connectivity index (χ4n) is 3.22. The molecule has 0 radical (unpaired) electrons. The van der Waals surface area contributed by atoms with Gasteiger partial charge in [-0.3, -0.25) is 0 Å². The Morgan fingerprint density at radius 1 is 0.848 bits per heavy atom. The third-order valence-corrected chi connectivity index (χ3v) is 4.89. The zero-order valence-electron chi connectivity index (χ0n) is 18.8. The molecule has 1 N–H and O–H groups in total. The van der Waals surface area contributed by atoms with Gasteiger partial charge in [0.1, 0.15) is 0 Å². The van der Waals surface area contributed by atoms with E-state index in [4.69, 9.17) is 0 Å². The van der Waals surface area contributed by atoms with Crippen LogP contribution in [-0.2, 0) is 17.8 Å². The molecule has 0 unspecified atom stereocenters. The van der Waals surface area contributed by atoms with Crippen molar-refractivity contribution in [3.8, 4) is 0 Å². The molecule has 1 heterocycles. The lowest BCUT2D eigenvalue weighted by molar-refractivity contribution is -0.138. The van der Waals surface area contributed by atoms with Gasteiger partial charge in [0.05, 0.1) is 17.5 Å². The molecule has 3 rings (SSSR count). The molecular formula is C24H25BF6N2. The van der Waals surface area contributed by atoms with Crippen molar-refractivity contribution in [1.82, 2.24) is 9.97 Å². The molecular weight excluding hydrogens is 441 g/mol. The maximum Gasteiger partial charge on any atom is 0.416 e. The molecule has 3 aromatic rings. The van der Waals surface area contributed by atoms with Crippen LogP contribution in [0.2, 0.25) is 0 Å². The SMILES string of the molecule is C=C(C)B(c1cccc(C(F)(F)F)c1)c1cccc(C(F)(F)F)c1.CC(C)(C)c1cnc[nH]1. The fourth-order valence-corrected chi connectivity index (χ4v) is 3.22. The zero-order chi connectivity index (χ0) is 25.0. The van der Waals surface area contributed by atoms with Crippen molar-refractivity contribution >= 4 is 17.6 Å². The van der Waals surface area contributed by atoms with Gasteiger partial charge in [0.2, 0.25) is 6.71 Å².